The van der Waals surface area contributed by atoms with Crippen LogP contribution in [0.2, 0.25) is 0 Å². The summed E-state index contributed by atoms with van der Waals surface area (Å²) in [5.41, 5.74) is 24.5. The zero-order valence-corrected chi connectivity index (χ0v) is 33.7. The molecule has 3 aliphatic rings. The van der Waals surface area contributed by atoms with Gasteiger partial charge in [0.05, 0.1) is 11.0 Å². The fourth-order valence-corrected chi connectivity index (χ4v) is 11.7. The quantitative estimate of drug-likeness (QED) is 0.183. The molecule has 0 radical (unpaired) electrons. The van der Waals surface area contributed by atoms with Gasteiger partial charge in [-0.2, -0.15) is 0 Å². The molecule has 4 atom stereocenters. The van der Waals surface area contributed by atoms with E-state index in [0.29, 0.717) is 12.0 Å². The maximum absolute atomic E-state index is 6.77. The van der Waals surface area contributed by atoms with Crippen LogP contribution < -0.4 is 10.6 Å². The first kappa shape index (κ1) is 35.3. The van der Waals surface area contributed by atoms with E-state index in [1.165, 1.54) is 97.7 Å². The number of fused-ring (bicyclic) bond motifs is 11. The van der Waals surface area contributed by atoms with Crippen molar-refractivity contribution in [3.05, 3.63) is 205 Å². The van der Waals surface area contributed by atoms with E-state index >= 15 is 0 Å². The van der Waals surface area contributed by atoms with E-state index in [4.69, 9.17) is 5.73 Å². The zero-order chi connectivity index (χ0) is 39.8. The molecule has 2 bridgehead atoms. The van der Waals surface area contributed by atoms with Crippen molar-refractivity contribution in [2.45, 2.75) is 43.6 Å². The Kier molecular flexibility index (Phi) is 8.21. The van der Waals surface area contributed by atoms with Gasteiger partial charge in [0.25, 0.3) is 0 Å². The van der Waals surface area contributed by atoms with Gasteiger partial charge < -0.3 is 15.2 Å². The van der Waals surface area contributed by atoms with E-state index in [2.05, 4.69) is 204 Å². The van der Waals surface area contributed by atoms with Gasteiger partial charge in [0, 0.05) is 45.0 Å². The van der Waals surface area contributed by atoms with E-state index in [1.807, 2.05) is 0 Å². The van der Waals surface area contributed by atoms with Gasteiger partial charge in [-0.15, -0.1) is 0 Å². The Morgan fingerprint density at radius 3 is 1.68 bits per heavy atom. The van der Waals surface area contributed by atoms with Crippen LogP contribution in [0.3, 0.4) is 0 Å². The highest BCUT2D eigenvalue weighted by Crippen LogP contribution is 2.62. The van der Waals surface area contributed by atoms with Gasteiger partial charge >= 0.3 is 0 Å². The van der Waals surface area contributed by atoms with Crippen molar-refractivity contribution in [3.63, 3.8) is 0 Å². The van der Waals surface area contributed by atoms with Gasteiger partial charge in [0.2, 0.25) is 0 Å². The highest BCUT2D eigenvalue weighted by Gasteiger charge is 2.53. The number of benzene rings is 8. The molecule has 3 aliphatic carbocycles. The lowest BCUT2D eigenvalue weighted by atomic mass is 9.54. The summed E-state index contributed by atoms with van der Waals surface area (Å²) >= 11 is 0. The monoisotopic (exact) mass is 773 g/mol. The lowest BCUT2D eigenvalue weighted by Crippen LogP contribution is -2.47. The smallest absolute Gasteiger partial charge is 0.0541 e. The molecule has 0 amide bonds. The molecule has 1 spiro atoms. The summed E-state index contributed by atoms with van der Waals surface area (Å²) in [6, 6.07) is 72.2. The van der Waals surface area contributed by atoms with Crippen LogP contribution in [-0.4, -0.2) is 10.6 Å². The molecular weight excluding hydrogens is 727 g/mol. The second kappa shape index (κ2) is 14.0. The Morgan fingerprint density at radius 1 is 0.467 bits per heavy atom. The first-order valence-electron chi connectivity index (χ1n) is 21.8. The predicted molar refractivity (Wildman–Crippen MR) is 251 cm³/mol. The van der Waals surface area contributed by atoms with Crippen molar-refractivity contribution in [2.75, 3.05) is 4.90 Å². The molecule has 8 aromatic carbocycles. The number of nitrogens with zero attached hydrogens (tertiary/aromatic N) is 2. The summed E-state index contributed by atoms with van der Waals surface area (Å²) in [4.78, 5) is 2.44. The highest BCUT2D eigenvalue weighted by atomic mass is 15.1. The normalized spacial score (nSPS) is 20.3. The summed E-state index contributed by atoms with van der Waals surface area (Å²) < 4.78 is 2.40. The second-order valence-corrected chi connectivity index (χ2v) is 17.5. The van der Waals surface area contributed by atoms with Crippen LogP contribution in [0, 0.1) is 11.8 Å². The molecule has 9 aromatic rings. The van der Waals surface area contributed by atoms with Crippen LogP contribution in [0.1, 0.15) is 43.2 Å². The highest BCUT2D eigenvalue weighted by molar-refractivity contribution is 6.09. The zero-order valence-electron chi connectivity index (χ0n) is 33.7. The number of rotatable bonds is 6. The Balaban J connectivity index is 0.971. The summed E-state index contributed by atoms with van der Waals surface area (Å²) in [5, 5.41) is 2.54. The lowest BCUT2D eigenvalue weighted by molar-refractivity contribution is 0.104. The Hall–Kier alpha value is -6.68. The molecule has 2 saturated carbocycles. The van der Waals surface area contributed by atoms with Crippen molar-refractivity contribution >= 4 is 38.9 Å². The van der Waals surface area contributed by atoms with E-state index in [0.717, 1.165) is 29.4 Å². The van der Waals surface area contributed by atoms with E-state index in [9.17, 15) is 0 Å². The molecule has 2 N–H and O–H groups in total. The Morgan fingerprint density at radius 2 is 1.00 bits per heavy atom. The maximum Gasteiger partial charge on any atom is 0.0541 e. The van der Waals surface area contributed by atoms with Gasteiger partial charge in [0.1, 0.15) is 0 Å². The minimum Gasteiger partial charge on any atom is -0.328 e. The molecule has 1 aromatic heterocycles. The molecule has 0 saturated heterocycles. The standard InChI is InChI=1S/C57H47N3/c58-44-35-38-32-33-57(43(34-38)36-44)53-15-7-4-12-49(53)52-37-48(30-31-54(52)57)59(45-24-22-42(23-25-45)41-20-18-40(19-21-41)39-10-2-1-3-11-39)46-26-28-47(29-27-46)60-55-16-8-5-13-50(55)51-14-6-9-17-56(51)60/h1-31,37-38,43-44H,32-36,58H2. The van der Waals surface area contributed by atoms with Crippen molar-refractivity contribution < 1.29 is 0 Å². The number of nitrogens with two attached hydrogens (primary N) is 1. The topological polar surface area (TPSA) is 34.2 Å². The van der Waals surface area contributed by atoms with E-state index in [1.54, 1.807) is 0 Å². The molecule has 290 valence electrons. The molecule has 4 unspecified atom stereocenters. The van der Waals surface area contributed by atoms with Crippen LogP contribution >= 0.6 is 0 Å². The largest absolute Gasteiger partial charge is 0.328 e. The van der Waals surface area contributed by atoms with Crippen molar-refractivity contribution in [1.82, 2.24) is 4.57 Å². The first-order valence-corrected chi connectivity index (χ1v) is 21.8. The first-order chi connectivity index (χ1) is 29.6. The van der Waals surface area contributed by atoms with Crippen LogP contribution in [-0.2, 0) is 5.41 Å². The number of hydrogen-bond donors (Lipinski definition) is 1. The second-order valence-electron chi connectivity index (χ2n) is 17.5. The SMILES string of the molecule is NC1CC2CCC3(c4ccccc4-c4cc(N(c5ccc(-c6ccc(-c7ccccc7)cc6)cc5)c5ccc(-n6c7ccccc7c7ccccc76)cc5)ccc43)C(C1)C2. The third kappa shape index (κ3) is 5.53. The van der Waals surface area contributed by atoms with Crippen LogP contribution in [0.5, 0.6) is 0 Å². The average molecular weight is 774 g/mol. The van der Waals surface area contributed by atoms with Crippen LogP contribution in [0.4, 0.5) is 17.1 Å². The summed E-state index contributed by atoms with van der Waals surface area (Å²) in [7, 11) is 0. The molecule has 1 heterocycles. The van der Waals surface area contributed by atoms with Crippen molar-refractivity contribution in [3.8, 4) is 39.1 Å². The predicted octanol–water partition coefficient (Wildman–Crippen LogP) is 14.4. The molecule has 60 heavy (non-hydrogen) atoms. The van der Waals surface area contributed by atoms with Gasteiger partial charge in [-0.1, -0.05) is 133 Å². The van der Waals surface area contributed by atoms with Crippen LogP contribution in [0.15, 0.2) is 194 Å². The fraction of sp³-hybridized carbons (Fsp3) is 0.158. The maximum atomic E-state index is 6.77. The van der Waals surface area contributed by atoms with Crippen molar-refractivity contribution in [2.24, 2.45) is 17.6 Å². The van der Waals surface area contributed by atoms with E-state index < -0.39 is 0 Å². The molecule has 2 fully saturated rings. The summed E-state index contributed by atoms with van der Waals surface area (Å²) in [6.07, 6.45) is 6.04. The van der Waals surface area contributed by atoms with Crippen LogP contribution in [0.25, 0.3) is 60.9 Å². The van der Waals surface area contributed by atoms with Crippen molar-refractivity contribution in [1.29, 1.82) is 0 Å². The third-order valence-electron chi connectivity index (χ3n) is 14.3. The molecule has 0 aliphatic heterocycles. The van der Waals surface area contributed by atoms with Gasteiger partial charge in [0.15, 0.2) is 0 Å². The minimum absolute atomic E-state index is 0.0332. The Bertz CT molecular complexity index is 2980. The molecule has 12 rings (SSSR count). The third-order valence-corrected chi connectivity index (χ3v) is 14.3. The number of aromatic nitrogens is 1. The molecule has 3 nitrogen and oxygen atoms in total. The van der Waals surface area contributed by atoms with Gasteiger partial charge in [-0.25, -0.2) is 0 Å². The van der Waals surface area contributed by atoms with E-state index in [-0.39, 0.29) is 5.41 Å². The Labute approximate surface area is 352 Å². The fourth-order valence-electron chi connectivity index (χ4n) is 11.7. The summed E-state index contributed by atoms with van der Waals surface area (Å²) in [6.45, 7) is 0. The molecular formula is C57H47N3. The average Bonchev–Trinajstić information content (AvgIpc) is 3.79. The number of hydrogen-bond acceptors (Lipinski definition) is 2. The lowest BCUT2D eigenvalue weighted by Gasteiger charge is -2.50. The summed E-state index contributed by atoms with van der Waals surface area (Å²) in [5.74, 6) is 1.33. The number of anilines is 3. The number of para-hydroxylation sites is 2. The van der Waals surface area contributed by atoms with Gasteiger partial charge in [-0.05, 0) is 149 Å². The molecule has 3 heteroatoms. The minimum atomic E-state index is 0.0332. The van der Waals surface area contributed by atoms with Gasteiger partial charge in [-0.3, -0.25) is 0 Å².